The van der Waals surface area contributed by atoms with Crippen molar-refractivity contribution in [2.75, 3.05) is 21.3 Å². The summed E-state index contributed by atoms with van der Waals surface area (Å²) in [6.07, 6.45) is 1.37. The lowest BCUT2D eigenvalue weighted by Crippen LogP contribution is -2.09. The number of methoxy groups -OCH3 is 3. The molecule has 6 heteroatoms. The van der Waals surface area contributed by atoms with Gasteiger partial charge in [0.05, 0.1) is 27.5 Å². The number of ketones is 1. The van der Waals surface area contributed by atoms with Crippen molar-refractivity contribution in [1.29, 1.82) is 0 Å². The third-order valence-electron chi connectivity index (χ3n) is 2.67. The molecule has 0 unspecified atom stereocenters. The second-order valence-corrected chi connectivity index (χ2v) is 3.83. The highest BCUT2D eigenvalue weighted by atomic mass is 16.5. The van der Waals surface area contributed by atoms with Gasteiger partial charge in [-0.2, -0.15) is 4.98 Å². The molecule has 0 atom stereocenters. The lowest BCUT2D eigenvalue weighted by molar-refractivity contribution is 0.102. The maximum atomic E-state index is 12.4. The first kappa shape index (κ1) is 13.8. The number of rotatable bonds is 5. The molecule has 1 aromatic carbocycles. The highest BCUT2D eigenvalue weighted by molar-refractivity contribution is 6.09. The summed E-state index contributed by atoms with van der Waals surface area (Å²) in [5, 5.41) is 0. The van der Waals surface area contributed by atoms with Crippen molar-refractivity contribution in [1.82, 2.24) is 9.97 Å². The maximum absolute atomic E-state index is 12.4. The molecular formula is C14H14N2O4. The van der Waals surface area contributed by atoms with Gasteiger partial charge in [0.25, 0.3) is 0 Å². The Bertz CT molecular complexity index is 628. The van der Waals surface area contributed by atoms with E-state index in [1.54, 1.807) is 24.3 Å². The summed E-state index contributed by atoms with van der Waals surface area (Å²) in [5.74, 6) is 0.702. The fourth-order valence-electron chi connectivity index (χ4n) is 1.65. The minimum Gasteiger partial charge on any atom is -0.497 e. The molecular weight excluding hydrogens is 260 g/mol. The van der Waals surface area contributed by atoms with E-state index in [1.807, 2.05) is 0 Å². The quantitative estimate of drug-likeness (QED) is 0.773. The summed E-state index contributed by atoms with van der Waals surface area (Å²) >= 11 is 0. The Balaban J connectivity index is 2.42. The lowest BCUT2D eigenvalue weighted by atomic mass is 10.1. The Morgan fingerprint density at radius 1 is 1.10 bits per heavy atom. The molecule has 0 saturated carbocycles. The van der Waals surface area contributed by atoms with Crippen LogP contribution in [0.5, 0.6) is 17.5 Å². The number of carbonyl (C=O) groups excluding carboxylic acids is 1. The minimum absolute atomic E-state index is 0.122. The molecule has 0 amide bonds. The van der Waals surface area contributed by atoms with Crippen molar-refractivity contribution in [2.45, 2.75) is 0 Å². The average molecular weight is 274 g/mol. The van der Waals surface area contributed by atoms with E-state index >= 15 is 0 Å². The molecule has 0 aliphatic rings. The van der Waals surface area contributed by atoms with Gasteiger partial charge in [-0.3, -0.25) is 4.79 Å². The summed E-state index contributed by atoms with van der Waals surface area (Å²) in [4.78, 5) is 20.5. The first-order valence-corrected chi connectivity index (χ1v) is 5.83. The van der Waals surface area contributed by atoms with E-state index < -0.39 is 0 Å². The van der Waals surface area contributed by atoms with E-state index in [2.05, 4.69) is 9.97 Å². The summed E-state index contributed by atoms with van der Waals surface area (Å²) < 4.78 is 15.1. The number of hydrogen-bond acceptors (Lipinski definition) is 6. The van der Waals surface area contributed by atoms with Crippen molar-refractivity contribution in [3.05, 3.63) is 41.7 Å². The molecule has 6 nitrogen and oxygen atoms in total. The number of ether oxygens (including phenoxy) is 3. The van der Waals surface area contributed by atoms with Crippen LogP contribution in [0, 0.1) is 0 Å². The van der Waals surface area contributed by atoms with Gasteiger partial charge in [-0.05, 0) is 12.1 Å². The van der Waals surface area contributed by atoms with Crippen LogP contribution in [-0.2, 0) is 0 Å². The van der Waals surface area contributed by atoms with Crippen LogP contribution >= 0.6 is 0 Å². The van der Waals surface area contributed by atoms with Gasteiger partial charge < -0.3 is 14.2 Å². The average Bonchev–Trinajstić information content (AvgIpc) is 2.53. The molecule has 0 fully saturated rings. The normalized spacial score (nSPS) is 9.95. The van der Waals surface area contributed by atoms with Crippen LogP contribution in [0.2, 0.25) is 0 Å². The summed E-state index contributed by atoms with van der Waals surface area (Å²) in [7, 11) is 4.43. The zero-order chi connectivity index (χ0) is 14.5. The van der Waals surface area contributed by atoms with Crippen LogP contribution < -0.4 is 14.2 Å². The predicted octanol–water partition coefficient (Wildman–Crippen LogP) is 1.73. The fourth-order valence-corrected chi connectivity index (χ4v) is 1.65. The molecule has 0 radical (unpaired) electrons. The predicted molar refractivity (Wildman–Crippen MR) is 71.6 cm³/mol. The van der Waals surface area contributed by atoms with Crippen molar-refractivity contribution in [3.8, 4) is 17.5 Å². The zero-order valence-electron chi connectivity index (χ0n) is 11.4. The Morgan fingerprint density at radius 3 is 2.55 bits per heavy atom. The molecule has 1 heterocycles. The summed E-state index contributed by atoms with van der Waals surface area (Å²) in [6.45, 7) is 0. The van der Waals surface area contributed by atoms with Gasteiger partial charge in [0, 0.05) is 5.56 Å². The first-order valence-electron chi connectivity index (χ1n) is 5.83. The molecule has 0 bridgehead atoms. The molecule has 20 heavy (non-hydrogen) atoms. The third-order valence-corrected chi connectivity index (χ3v) is 2.67. The second kappa shape index (κ2) is 6.01. The molecule has 0 spiro atoms. The molecule has 0 saturated heterocycles. The highest BCUT2D eigenvalue weighted by Crippen LogP contribution is 2.21. The van der Waals surface area contributed by atoms with Crippen LogP contribution in [0.4, 0.5) is 0 Å². The smallest absolute Gasteiger partial charge is 0.247 e. The monoisotopic (exact) mass is 274 g/mol. The maximum Gasteiger partial charge on any atom is 0.247 e. The van der Waals surface area contributed by atoms with E-state index in [-0.39, 0.29) is 23.2 Å². The van der Waals surface area contributed by atoms with Crippen LogP contribution in [0.3, 0.4) is 0 Å². The first-order chi connectivity index (χ1) is 9.69. The molecule has 1 aromatic heterocycles. The van der Waals surface area contributed by atoms with Crippen molar-refractivity contribution < 1.29 is 19.0 Å². The van der Waals surface area contributed by atoms with Crippen LogP contribution in [0.15, 0.2) is 30.5 Å². The summed E-state index contributed by atoms with van der Waals surface area (Å²) in [6, 6.07) is 6.80. The Labute approximate surface area is 116 Å². The van der Waals surface area contributed by atoms with E-state index in [9.17, 15) is 4.79 Å². The molecule has 2 rings (SSSR count). The third kappa shape index (κ3) is 2.69. The standard InChI is InChI=1S/C14H14N2O4/c1-18-10-6-4-5-9(7-10)13(17)12-14(20-3)16-11(19-2)8-15-12/h4-8H,1-3H3. The molecule has 0 aliphatic carbocycles. The van der Waals surface area contributed by atoms with Gasteiger partial charge in [0.15, 0.2) is 5.69 Å². The van der Waals surface area contributed by atoms with E-state index in [0.717, 1.165) is 0 Å². The van der Waals surface area contributed by atoms with Crippen LogP contribution in [0.1, 0.15) is 16.1 Å². The summed E-state index contributed by atoms with van der Waals surface area (Å²) in [5.41, 5.74) is 0.573. The number of hydrogen-bond donors (Lipinski definition) is 0. The minimum atomic E-state index is -0.295. The van der Waals surface area contributed by atoms with Crippen molar-refractivity contribution >= 4 is 5.78 Å². The number of aromatic nitrogens is 2. The Morgan fingerprint density at radius 2 is 1.90 bits per heavy atom. The SMILES string of the molecule is COc1cccc(C(=O)c2ncc(OC)nc2OC)c1. The Hall–Kier alpha value is -2.63. The number of nitrogens with zero attached hydrogens (tertiary/aromatic N) is 2. The van der Waals surface area contributed by atoms with Gasteiger partial charge in [-0.1, -0.05) is 12.1 Å². The number of carbonyl (C=O) groups is 1. The van der Waals surface area contributed by atoms with E-state index in [4.69, 9.17) is 14.2 Å². The van der Waals surface area contributed by atoms with Gasteiger partial charge in [-0.15, -0.1) is 0 Å². The Kier molecular flexibility index (Phi) is 4.14. The largest absolute Gasteiger partial charge is 0.497 e. The molecule has 2 aromatic rings. The van der Waals surface area contributed by atoms with Crippen LogP contribution in [0.25, 0.3) is 0 Å². The van der Waals surface area contributed by atoms with Crippen LogP contribution in [-0.4, -0.2) is 37.1 Å². The van der Waals surface area contributed by atoms with Gasteiger partial charge in [0.1, 0.15) is 5.75 Å². The zero-order valence-corrected chi connectivity index (χ0v) is 11.4. The van der Waals surface area contributed by atoms with Crippen molar-refractivity contribution in [2.24, 2.45) is 0 Å². The molecule has 0 N–H and O–H groups in total. The topological polar surface area (TPSA) is 70.5 Å². The lowest BCUT2D eigenvalue weighted by Gasteiger charge is -2.08. The number of benzene rings is 1. The van der Waals surface area contributed by atoms with Gasteiger partial charge >= 0.3 is 0 Å². The van der Waals surface area contributed by atoms with E-state index in [1.165, 1.54) is 27.5 Å². The molecule has 104 valence electrons. The molecule has 0 aliphatic heterocycles. The highest BCUT2D eigenvalue weighted by Gasteiger charge is 2.19. The van der Waals surface area contributed by atoms with Gasteiger partial charge in [0.2, 0.25) is 17.5 Å². The van der Waals surface area contributed by atoms with E-state index in [0.29, 0.717) is 11.3 Å². The van der Waals surface area contributed by atoms with Crippen molar-refractivity contribution in [3.63, 3.8) is 0 Å². The second-order valence-electron chi connectivity index (χ2n) is 3.83. The fraction of sp³-hybridized carbons (Fsp3) is 0.214. The van der Waals surface area contributed by atoms with Gasteiger partial charge in [-0.25, -0.2) is 4.98 Å².